The van der Waals surface area contributed by atoms with E-state index in [1.165, 1.54) is 0 Å². The van der Waals surface area contributed by atoms with Crippen LogP contribution in [0, 0.1) is 27.7 Å². The minimum atomic E-state index is 0.712. The van der Waals surface area contributed by atoms with Crippen molar-refractivity contribution in [1.82, 2.24) is 24.1 Å². The standard InChI is InChI=1S/C25H23N5O/c1-16-12-17(2)30(28-16)20-8-7-9-21(13-20)31-22-14-24(23-10-5-6-11-26-23)29-19(4)18(3)27-25(29)15-22/h5-15H,1-4H3. The fraction of sp³-hybridized carbons (Fsp3) is 0.160. The molecule has 6 nitrogen and oxygen atoms in total. The van der Waals surface area contributed by atoms with E-state index in [9.17, 15) is 0 Å². The van der Waals surface area contributed by atoms with Crippen LogP contribution in [0.2, 0.25) is 0 Å². The predicted molar refractivity (Wildman–Crippen MR) is 121 cm³/mol. The van der Waals surface area contributed by atoms with Crippen LogP contribution in [0.4, 0.5) is 0 Å². The first-order valence-corrected chi connectivity index (χ1v) is 10.2. The second-order valence-electron chi connectivity index (χ2n) is 7.71. The lowest BCUT2D eigenvalue weighted by Gasteiger charge is -2.12. The van der Waals surface area contributed by atoms with Crippen LogP contribution in [0.25, 0.3) is 22.7 Å². The van der Waals surface area contributed by atoms with E-state index in [0.717, 1.165) is 51.2 Å². The van der Waals surface area contributed by atoms with Gasteiger partial charge in [0.2, 0.25) is 0 Å². The van der Waals surface area contributed by atoms with Gasteiger partial charge in [0.25, 0.3) is 0 Å². The van der Waals surface area contributed by atoms with Crippen LogP contribution in [-0.2, 0) is 0 Å². The Labute approximate surface area is 180 Å². The molecule has 0 N–H and O–H groups in total. The molecule has 0 saturated heterocycles. The Kier molecular flexibility index (Phi) is 4.55. The van der Waals surface area contributed by atoms with Crippen LogP contribution in [0.15, 0.2) is 66.9 Å². The Morgan fingerprint density at radius 2 is 1.71 bits per heavy atom. The molecule has 0 atom stereocenters. The summed E-state index contributed by atoms with van der Waals surface area (Å²) in [6, 6.07) is 19.9. The number of benzene rings is 1. The van der Waals surface area contributed by atoms with Crippen molar-refractivity contribution in [1.29, 1.82) is 0 Å². The van der Waals surface area contributed by atoms with Gasteiger partial charge in [0.05, 0.1) is 28.5 Å². The van der Waals surface area contributed by atoms with E-state index in [4.69, 9.17) is 9.72 Å². The van der Waals surface area contributed by atoms with Gasteiger partial charge >= 0.3 is 0 Å². The topological polar surface area (TPSA) is 57.2 Å². The van der Waals surface area contributed by atoms with E-state index in [2.05, 4.69) is 27.5 Å². The summed E-state index contributed by atoms with van der Waals surface area (Å²) in [6.07, 6.45) is 1.80. The maximum Gasteiger partial charge on any atom is 0.141 e. The van der Waals surface area contributed by atoms with Crippen molar-refractivity contribution in [2.45, 2.75) is 27.7 Å². The largest absolute Gasteiger partial charge is 0.457 e. The second-order valence-corrected chi connectivity index (χ2v) is 7.71. The minimum Gasteiger partial charge on any atom is -0.457 e. The molecule has 154 valence electrons. The molecule has 0 amide bonds. The highest BCUT2D eigenvalue weighted by atomic mass is 16.5. The smallest absolute Gasteiger partial charge is 0.141 e. The molecular weight excluding hydrogens is 386 g/mol. The van der Waals surface area contributed by atoms with Gasteiger partial charge in [-0.2, -0.15) is 5.10 Å². The van der Waals surface area contributed by atoms with Crippen molar-refractivity contribution in [2.75, 3.05) is 0 Å². The van der Waals surface area contributed by atoms with Crippen LogP contribution in [-0.4, -0.2) is 24.1 Å². The zero-order chi connectivity index (χ0) is 21.5. The maximum absolute atomic E-state index is 6.28. The number of hydrogen-bond donors (Lipinski definition) is 0. The van der Waals surface area contributed by atoms with E-state index in [1.807, 2.05) is 80.1 Å². The third-order valence-corrected chi connectivity index (χ3v) is 5.40. The Bertz CT molecular complexity index is 1400. The van der Waals surface area contributed by atoms with Crippen molar-refractivity contribution in [2.24, 2.45) is 0 Å². The normalized spacial score (nSPS) is 11.2. The number of fused-ring (bicyclic) bond motifs is 1. The molecule has 0 unspecified atom stereocenters. The molecule has 0 aliphatic rings. The molecule has 0 radical (unpaired) electrons. The molecule has 5 rings (SSSR count). The van der Waals surface area contributed by atoms with Crippen molar-refractivity contribution in [3.05, 3.63) is 89.6 Å². The molecular formula is C25H23N5O. The Hall–Kier alpha value is -3.93. The summed E-state index contributed by atoms with van der Waals surface area (Å²) < 4.78 is 10.3. The van der Waals surface area contributed by atoms with E-state index >= 15 is 0 Å². The third-order valence-electron chi connectivity index (χ3n) is 5.40. The summed E-state index contributed by atoms with van der Waals surface area (Å²) in [5.74, 6) is 1.45. The monoisotopic (exact) mass is 409 g/mol. The Morgan fingerprint density at radius 1 is 0.839 bits per heavy atom. The van der Waals surface area contributed by atoms with Crippen molar-refractivity contribution < 1.29 is 4.74 Å². The van der Waals surface area contributed by atoms with Gasteiger partial charge in [0.1, 0.15) is 17.1 Å². The van der Waals surface area contributed by atoms with Gasteiger partial charge in [0.15, 0.2) is 0 Å². The van der Waals surface area contributed by atoms with Crippen LogP contribution in [0.5, 0.6) is 11.5 Å². The van der Waals surface area contributed by atoms with Crippen LogP contribution >= 0.6 is 0 Å². The van der Waals surface area contributed by atoms with Crippen molar-refractivity contribution in [3.8, 4) is 28.6 Å². The SMILES string of the molecule is Cc1cc(C)n(-c2cccc(Oc3cc(-c4ccccn4)n4c(C)c(C)nc4c3)c2)n1. The van der Waals surface area contributed by atoms with Crippen LogP contribution in [0.3, 0.4) is 0 Å². The van der Waals surface area contributed by atoms with Gasteiger partial charge in [-0.1, -0.05) is 12.1 Å². The molecule has 1 aromatic carbocycles. The number of rotatable bonds is 4. The number of aromatic nitrogens is 5. The molecule has 0 spiro atoms. The summed E-state index contributed by atoms with van der Waals surface area (Å²) in [6.45, 7) is 8.12. The first kappa shape index (κ1) is 19.1. The van der Waals surface area contributed by atoms with E-state index in [0.29, 0.717) is 5.75 Å². The molecule has 4 heterocycles. The highest BCUT2D eigenvalue weighted by Crippen LogP contribution is 2.31. The summed E-state index contributed by atoms with van der Waals surface area (Å²) >= 11 is 0. The highest BCUT2D eigenvalue weighted by Gasteiger charge is 2.14. The third kappa shape index (κ3) is 3.46. The van der Waals surface area contributed by atoms with Gasteiger partial charge in [-0.25, -0.2) is 9.67 Å². The first-order valence-electron chi connectivity index (χ1n) is 10.2. The number of ether oxygens (including phenoxy) is 1. The van der Waals surface area contributed by atoms with E-state index < -0.39 is 0 Å². The van der Waals surface area contributed by atoms with Crippen molar-refractivity contribution >= 4 is 5.65 Å². The minimum absolute atomic E-state index is 0.712. The summed E-state index contributed by atoms with van der Waals surface area (Å²) in [5, 5.41) is 4.58. The average molecular weight is 409 g/mol. The quantitative estimate of drug-likeness (QED) is 0.387. The van der Waals surface area contributed by atoms with Gasteiger partial charge in [-0.3, -0.25) is 9.38 Å². The molecule has 6 heteroatoms. The lowest BCUT2D eigenvalue weighted by molar-refractivity contribution is 0.482. The van der Waals surface area contributed by atoms with Crippen LogP contribution in [0.1, 0.15) is 22.8 Å². The summed E-state index contributed by atoms with van der Waals surface area (Å²) in [4.78, 5) is 9.27. The lowest BCUT2D eigenvalue weighted by atomic mass is 10.2. The molecule has 31 heavy (non-hydrogen) atoms. The molecule has 0 bridgehead atoms. The molecule has 0 aliphatic heterocycles. The number of nitrogens with zero attached hydrogens (tertiary/aromatic N) is 5. The van der Waals surface area contributed by atoms with Crippen molar-refractivity contribution in [3.63, 3.8) is 0 Å². The predicted octanol–water partition coefficient (Wildman–Crippen LogP) is 5.61. The maximum atomic E-state index is 6.28. The number of imidazole rings is 1. The molecule has 5 aromatic rings. The zero-order valence-electron chi connectivity index (χ0n) is 18.0. The zero-order valence-corrected chi connectivity index (χ0v) is 18.0. The Morgan fingerprint density at radius 3 is 2.45 bits per heavy atom. The summed E-state index contributed by atoms with van der Waals surface area (Å²) in [7, 11) is 0. The second kappa shape index (κ2) is 7.40. The lowest BCUT2D eigenvalue weighted by Crippen LogP contribution is -2.00. The molecule has 4 aromatic heterocycles. The summed E-state index contributed by atoms with van der Waals surface area (Å²) in [5.41, 5.74) is 7.76. The number of hydrogen-bond acceptors (Lipinski definition) is 4. The fourth-order valence-corrected chi connectivity index (χ4v) is 3.87. The van der Waals surface area contributed by atoms with Gasteiger partial charge in [-0.15, -0.1) is 0 Å². The van der Waals surface area contributed by atoms with Gasteiger partial charge in [-0.05, 0) is 58.0 Å². The molecule has 0 fully saturated rings. The van der Waals surface area contributed by atoms with E-state index in [-0.39, 0.29) is 0 Å². The molecule has 0 aliphatic carbocycles. The highest BCUT2D eigenvalue weighted by molar-refractivity contribution is 5.65. The van der Waals surface area contributed by atoms with Gasteiger partial charge < -0.3 is 4.74 Å². The Balaban J connectivity index is 1.59. The van der Waals surface area contributed by atoms with Crippen LogP contribution < -0.4 is 4.74 Å². The van der Waals surface area contributed by atoms with E-state index in [1.54, 1.807) is 6.20 Å². The fourth-order valence-electron chi connectivity index (χ4n) is 3.87. The first-order chi connectivity index (χ1) is 15.0. The van der Waals surface area contributed by atoms with Gasteiger partial charge in [0, 0.05) is 35.8 Å². The number of aryl methyl sites for hydroxylation is 4. The molecule has 0 saturated carbocycles. The average Bonchev–Trinajstić information content (AvgIpc) is 3.25. The number of pyridine rings is 2.